The summed E-state index contributed by atoms with van der Waals surface area (Å²) in [4.78, 5) is 13.8. The molecule has 0 bridgehead atoms. The lowest BCUT2D eigenvalue weighted by molar-refractivity contribution is -0.120. The van der Waals surface area contributed by atoms with E-state index in [9.17, 15) is 4.79 Å². The number of nitrogens with two attached hydrogens (primary N) is 1. The van der Waals surface area contributed by atoms with Crippen LogP contribution < -0.4 is 24.8 Å². The number of benzene rings is 1. The van der Waals surface area contributed by atoms with Gasteiger partial charge in [-0.3, -0.25) is 4.79 Å². The van der Waals surface area contributed by atoms with Crippen LogP contribution >= 0.6 is 0 Å². The third-order valence-corrected chi connectivity index (χ3v) is 3.56. The van der Waals surface area contributed by atoms with Gasteiger partial charge in [0.2, 0.25) is 11.7 Å². The minimum Gasteiger partial charge on any atom is -0.493 e. The van der Waals surface area contributed by atoms with Gasteiger partial charge in [-0.1, -0.05) is 0 Å². The van der Waals surface area contributed by atoms with Crippen molar-refractivity contribution in [1.29, 1.82) is 0 Å². The molecule has 1 saturated carbocycles. The molecule has 0 atom stereocenters. The predicted molar refractivity (Wildman–Crippen MR) is 75.7 cm³/mol. The molecule has 0 unspecified atom stereocenters. The van der Waals surface area contributed by atoms with E-state index >= 15 is 0 Å². The highest BCUT2D eigenvalue weighted by Gasteiger charge is 2.47. The first-order valence-corrected chi connectivity index (χ1v) is 6.34. The predicted octanol–water partition coefficient (Wildman–Crippen LogP) is 1.17. The quantitative estimate of drug-likeness (QED) is 0.876. The fourth-order valence-corrected chi connectivity index (χ4v) is 2.06. The Kier molecular flexibility index (Phi) is 3.76. The first-order valence-electron chi connectivity index (χ1n) is 6.34. The average Bonchev–Trinajstić information content (AvgIpc) is 3.22. The van der Waals surface area contributed by atoms with Gasteiger partial charge < -0.3 is 24.8 Å². The van der Waals surface area contributed by atoms with Crippen molar-refractivity contribution in [2.75, 3.05) is 33.3 Å². The Morgan fingerprint density at radius 1 is 1.15 bits per heavy atom. The van der Waals surface area contributed by atoms with Gasteiger partial charge >= 0.3 is 0 Å². The standard InChI is InChI=1S/C14H20N2O4/c1-16(13(17)14(15)5-6-14)9-7-10(18-2)12(20-4)11(8-9)19-3/h7-8H,5-6,15H2,1-4H3. The molecular weight excluding hydrogens is 260 g/mol. The molecule has 0 aliphatic heterocycles. The summed E-state index contributed by atoms with van der Waals surface area (Å²) in [5.41, 5.74) is 5.89. The molecule has 1 aliphatic rings. The van der Waals surface area contributed by atoms with Crippen LogP contribution in [0.1, 0.15) is 12.8 Å². The summed E-state index contributed by atoms with van der Waals surface area (Å²) in [6.07, 6.45) is 1.45. The summed E-state index contributed by atoms with van der Waals surface area (Å²) >= 11 is 0. The van der Waals surface area contributed by atoms with Crippen molar-refractivity contribution in [3.8, 4) is 17.2 Å². The lowest BCUT2D eigenvalue weighted by Gasteiger charge is -2.23. The van der Waals surface area contributed by atoms with Gasteiger partial charge in [0.05, 0.1) is 32.6 Å². The fourth-order valence-electron chi connectivity index (χ4n) is 2.06. The van der Waals surface area contributed by atoms with E-state index < -0.39 is 5.54 Å². The van der Waals surface area contributed by atoms with Crippen LogP contribution in [0.2, 0.25) is 0 Å². The number of nitrogens with zero attached hydrogens (tertiary/aromatic N) is 1. The molecule has 0 spiro atoms. The van der Waals surface area contributed by atoms with Crippen molar-refractivity contribution in [2.24, 2.45) is 5.73 Å². The zero-order valence-electron chi connectivity index (χ0n) is 12.2. The number of hydrogen-bond donors (Lipinski definition) is 1. The van der Waals surface area contributed by atoms with Crippen LogP contribution in [0.4, 0.5) is 5.69 Å². The topological polar surface area (TPSA) is 74.0 Å². The minimum atomic E-state index is -0.713. The molecule has 1 aromatic rings. The number of ether oxygens (including phenoxy) is 3. The largest absolute Gasteiger partial charge is 0.493 e. The highest BCUT2D eigenvalue weighted by atomic mass is 16.5. The Labute approximate surface area is 118 Å². The molecule has 110 valence electrons. The van der Waals surface area contributed by atoms with Crippen molar-refractivity contribution < 1.29 is 19.0 Å². The second kappa shape index (κ2) is 5.20. The molecule has 1 aliphatic carbocycles. The number of anilines is 1. The maximum Gasteiger partial charge on any atom is 0.246 e. The van der Waals surface area contributed by atoms with Crippen molar-refractivity contribution in [2.45, 2.75) is 18.4 Å². The normalized spacial score (nSPS) is 15.4. The molecule has 1 amide bonds. The number of carbonyl (C=O) groups is 1. The Morgan fingerprint density at radius 2 is 1.65 bits per heavy atom. The van der Waals surface area contributed by atoms with Gasteiger partial charge in [-0.25, -0.2) is 0 Å². The van der Waals surface area contributed by atoms with E-state index in [1.165, 1.54) is 26.2 Å². The molecule has 1 fully saturated rings. The number of methoxy groups -OCH3 is 3. The van der Waals surface area contributed by atoms with E-state index in [-0.39, 0.29) is 5.91 Å². The smallest absolute Gasteiger partial charge is 0.246 e. The van der Waals surface area contributed by atoms with Crippen LogP contribution in [0.3, 0.4) is 0 Å². The molecule has 0 radical (unpaired) electrons. The zero-order valence-corrected chi connectivity index (χ0v) is 12.2. The SMILES string of the molecule is COc1cc(N(C)C(=O)C2(N)CC2)cc(OC)c1OC. The molecule has 1 aromatic carbocycles. The lowest BCUT2D eigenvalue weighted by atomic mass is 10.2. The van der Waals surface area contributed by atoms with Gasteiger partial charge in [0, 0.05) is 19.2 Å². The second-order valence-electron chi connectivity index (χ2n) is 4.90. The van der Waals surface area contributed by atoms with Gasteiger partial charge in [0.15, 0.2) is 11.5 Å². The lowest BCUT2D eigenvalue weighted by Crippen LogP contribution is -2.43. The molecule has 6 heteroatoms. The Balaban J connectivity index is 2.39. The first kappa shape index (κ1) is 14.5. The number of carbonyl (C=O) groups excluding carboxylic acids is 1. The summed E-state index contributed by atoms with van der Waals surface area (Å²) in [6.45, 7) is 0. The molecule has 0 aromatic heterocycles. The van der Waals surface area contributed by atoms with Crippen LogP contribution in [0, 0.1) is 0 Å². The zero-order chi connectivity index (χ0) is 14.9. The van der Waals surface area contributed by atoms with Gasteiger partial charge in [-0.05, 0) is 12.8 Å². The average molecular weight is 280 g/mol. The van der Waals surface area contributed by atoms with Gasteiger partial charge in [0.25, 0.3) is 0 Å². The monoisotopic (exact) mass is 280 g/mol. The van der Waals surface area contributed by atoms with E-state index in [2.05, 4.69) is 0 Å². The number of rotatable bonds is 5. The number of hydrogen-bond acceptors (Lipinski definition) is 5. The first-order chi connectivity index (χ1) is 9.46. The Hall–Kier alpha value is -1.95. The van der Waals surface area contributed by atoms with Crippen molar-refractivity contribution in [3.63, 3.8) is 0 Å². The number of likely N-dealkylation sites (N-methyl/N-ethyl adjacent to an activating group) is 1. The van der Waals surface area contributed by atoms with Crippen LogP contribution in [0.15, 0.2) is 12.1 Å². The van der Waals surface area contributed by atoms with Gasteiger partial charge in [-0.15, -0.1) is 0 Å². The van der Waals surface area contributed by atoms with Crippen molar-refractivity contribution in [1.82, 2.24) is 0 Å². The fraction of sp³-hybridized carbons (Fsp3) is 0.500. The van der Waals surface area contributed by atoms with Crippen LogP contribution in [0.5, 0.6) is 17.2 Å². The molecule has 6 nitrogen and oxygen atoms in total. The maximum absolute atomic E-state index is 12.3. The summed E-state index contributed by atoms with van der Waals surface area (Å²) in [7, 11) is 6.30. The molecule has 0 saturated heterocycles. The van der Waals surface area contributed by atoms with E-state index in [0.717, 1.165) is 12.8 Å². The van der Waals surface area contributed by atoms with Crippen molar-refractivity contribution >= 4 is 11.6 Å². The van der Waals surface area contributed by atoms with E-state index in [0.29, 0.717) is 22.9 Å². The third kappa shape index (κ3) is 2.38. The highest BCUT2D eigenvalue weighted by Crippen LogP contribution is 2.42. The van der Waals surface area contributed by atoms with Gasteiger partial charge in [0.1, 0.15) is 0 Å². The molecule has 20 heavy (non-hydrogen) atoms. The molecule has 2 N–H and O–H groups in total. The summed E-state index contributed by atoms with van der Waals surface area (Å²) < 4.78 is 15.8. The second-order valence-corrected chi connectivity index (χ2v) is 4.90. The van der Waals surface area contributed by atoms with Crippen molar-refractivity contribution in [3.05, 3.63) is 12.1 Å². The Morgan fingerprint density at radius 3 is 2.00 bits per heavy atom. The van der Waals surface area contributed by atoms with Crippen LogP contribution in [0.25, 0.3) is 0 Å². The number of amides is 1. The summed E-state index contributed by atoms with van der Waals surface area (Å²) in [5, 5.41) is 0. The van der Waals surface area contributed by atoms with Gasteiger partial charge in [-0.2, -0.15) is 0 Å². The molecule has 0 heterocycles. The molecule has 2 rings (SSSR count). The van der Waals surface area contributed by atoms with E-state index in [1.807, 2.05) is 0 Å². The summed E-state index contributed by atoms with van der Waals surface area (Å²) in [6, 6.07) is 3.45. The van der Waals surface area contributed by atoms with E-state index in [4.69, 9.17) is 19.9 Å². The van der Waals surface area contributed by atoms with E-state index in [1.54, 1.807) is 19.2 Å². The van der Waals surface area contributed by atoms with Crippen LogP contribution in [-0.4, -0.2) is 39.8 Å². The Bertz CT molecular complexity index is 501. The summed E-state index contributed by atoms with van der Waals surface area (Å²) in [5.74, 6) is 1.40. The van der Waals surface area contributed by atoms with Crippen LogP contribution in [-0.2, 0) is 4.79 Å². The highest BCUT2D eigenvalue weighted by molar-refractivity contribution is 6.02. The third-order valence-electron chi connectivity index (χ3n) is 3.56. The minimum absolute atomic E-state index is 0.105. The molecular formula is C14H20N2O4. The maximum atomic E-state index is 12.3.